The molecule has 0 aliphatic carbocycles. The lowest BCUT2D eigenvalue weighted by Gasteiger charge is -2.35. The number of ether oxygens (including phenoxy) is 1. The van der Waals surface area contributed by atoms with Gasteiger partial charge in [0.15, 0.2) is 0 Å². The molecule has 1 aromatic carbocycles. The van der Waals surface area contributed by atoms with E-state index in [9.17, 15) is 9.59 Å². The maximum absolute atomic E-state index is 12.3. The third-order valence-electron chi connectivity index (χ3n) is 4.35. The molecule has 0 radical (unpaired) electrons. The number of benzene rings is 1. The fourth-order valence-electron chi connectivity index (χ4n) is 3.03. The van der Waals surface area contributed by atoms with Crippen LogP contribution < -0.4 is 5.32 Å². The van der Waals surface area contributed by atoms with Gasteiger partial charge in [-0.25, -0.2) is 4.79 Å². The molecular weight excluding hydrogens is 294 g/mol. The van der Waals surface area contributed by atoms with Gasteiger partial charge < -0.3 is 19.9 Å². The predicted octanol–water partition coefficient (Wildman–Crippen LogP) is 1.85. The summed E-state index contributed by atoms with van der Waals surface area (Å²) < 4.78 is 5.45. The first-order valence-electron chi connectivity index (χ1n) is 8.16. The average molecular weight is 317 g/mol. The Morgan fingerprint density at radius 2 is 1.91 bits per heavy atom. The fourth-order valence-corrected chi connectivity index (χ4v) is 3.03. The van der Waals surface area contributed by atoms with Crippen LogP contribution in [0.1, 0.15) is 18.4 Å². The van der Waals surface area contributed by atoms with Gasteiger partial charge >= 0.3 is 6.03 Å². The molecule has 1 aromatic rings. The predicted molar refractivity (Wildman–Crippen MR) is 87.3 cm³/mol. The number of carbonyl (C=O) groups excluding carboxylic acids is 2. The van der Waals surface area contributed by atoms with Crippen LogP contribution >= 0.6 is 0 Å². The van der Waals surface area contributed by atoms with Crippen LogP contribution in [0.5, 0.6) is 0 Å². The summed E-state index contributed by atoms with van der Waals surface area (Å²) in [5.74, 6) is 0.0706. The van der Waals surface area contributed by atoms with E-state index in [2.05, 4.69) is 5.32 Å². The Hall–Kier alpha value is -2.08. The Morgan fingerprint density at radius 3 is 2.57 bits per heavy atom. The van der Waals surface area contributed by atoms with Crippen molar-refractivity contribution < 1.29 is 14.3 Å². The van der Waals surface area contributed by atoms with Crippen LogP contribution in [0.4, 0.5) is 10.5 Å². The first kappa shape index (κ1) is 15.8. The Bertz CT molecular complexity index is 576. The Kier molecular flexibility index (Phi) is 4.81. The van der Waals surface area contributed by atoms with Gasteiger partial charge in [-0.2, -0.15) is 0 Å². The minimum atomic E-state index is -0.275. The lowest BCUT2D eigenvalue weighted by atomic mass is 10.2. The van der Waals surface area contributed by atoms with Crippen molar-refractivity contribution in [2.75, 3.05) is 38.1 Å². The van der Waals surface area contributed by atoms with Crippen LogP contribution in [0.15, 0.2) is 24.3 Å². The van der Waals surface area contributed by atoms with Gasteiger partial charge in [0.05, 0.1) is 0 Å². The van der Waals surface area contributed by atoms with Crippen molar-refractivity contribution in [1.82, 2.24) is 9.80 Å². The van der Waals surface area contributed by atoms with Gasteiger partial charge in [-0.05, 0) is 37.5 Å². The number of hydrogen-bond acceptors (Lipinski definition) is 3. The summed E-state index contributed by atoms with van der Waals surface area (Å²) in [7, 11) is 0. The number of aryl methyl sites for hydroxylation is 1. The number of hydrogen-bond donors (Lipinski definition) is 1. The van der Waals surface area contributed by atoms with E-state index >= 15 is 0 Å². The summed E-state index contributed by atoms with van der Waals surface area (Å²) >= 11 is 0. The molecule has 3 amide bonds. The summed E-state index contributed by atoms with van der Waals surface area (Å²) in [5, 5.41) is 2.91. The molecule has 23 heavy (non-hydrogen) atoms. The highest BCUT2D eigenvalue weighted by Gasteiger charge is 2.31. The SMILES string of the molecule is Cc1cccc(NC(=O)N2CCN(C(=O)C3CCCO3)CC2)c1. The van der Waals surface area contributed by atoms with Crippen LogP contribution in [-0.2, 0) is 9.53 Å². The average Bonchev–Trinajstić information content (AvgIpc) is 3.09. The normalized spacial score (nSPS) is 21.3. The molecular formula is C17H23N3O3. The molecule has 6 heteroatoms. The van der Waals surface area contributed by atoms with E-state index < -0.39 is 0 Å². The van der Waals surface area contributed by atoms with Crippen LogP contribution in [0.2, 0.25) is 0 Å². The number of carbonyl (C=O) groups is 2. The van der Waals surface area contributed by atoms with Gasteiger partial charge in [0, 0.05) is 38.5 Å². The van der Waals surface area contributed by atoms with Crippen molar-refractivity contribution in [3.63, 3.8) is 0 Å². The molecule has 6 nitrogen and oxygen atoms in total. The van der Waals surface area contributed by atoms with E-state index in [1.54, 1.807) is 4.90 Å². The van der Waals surface area contributed by atoms with Crippen LogP contribution in [-0.4, -0.2) is 60.6 Å². The zero-order valence-corrected chi connectivity index (χ0v) is 13.5. The Balaban J connectivity index is 1.50. The van der Waals surface area contributed by atoms with Crippen molar-refractivity contribution in [2.24, 2.45) is 0 Å². The second-order valence-corrected chi connectivity index (χ2v) is 6.11. The van der Waals surface area contributed by atoms with Crippen molar-refractivity contribution >= 4 is 17.6 Å². The first-order valence-corrected chi connectivity index (χ1v) is 8.16. The van der Waals surface area contributed by atoms with Crippen molar-refractivity contribution in [1.29, 1.82) is 0 Å². The molecule has 1 unspecified atom stereocenters. The topological polar surface area (TPSA) is 61.9 Å². The zero-order chi connectivity index (χ0) is 16.2. The van der Waals surface area contributed by atoms with Gasteiger partial charge in [-0.15, -0.1) is 0 Å². The Labute approximate surface area is 136 Å². The maximum atomic E-state index is 12.3. The maximum Gasteiger partial charge on any atom is 0.321 e. The zero-order valence-electron chi connectivity index (χ0n) is 13.5. The number of amides is 3. The minimum Gasteiger partial charge on any atom is -0.368 e. The molecule has 2 aliphatic heterocycles. The van der Waals surface area contributed by atoms with E-state index in [1.807, 2.05) is 36.1 Å². The number of nitrogens with zero attached hydrogens (tertiary/aromatic N) is 2. The van der Waals surface area contributed by atoms with Crippen molar-refractivity contribution in [3.05, 3.63) is 29.8 Å². The van der Waals surface area contributed by atoms with Gasteiger partial charge in [0.2, 0.25) is 0 Å². The highest BCUT2D eigenvalue weighted by Crippen LogP contribution is 2.16. The quantitative estimate of drug-likeness (QED) is 0.905. The van der Waals surface area contributed by atoms with Gasteiger partial charge in [0.25, 0.3) is 5.91 Å². The molecule has 3 rings (SSSR count). The molecule has 0 bridgehead atoms. The monoisotopic (exact) mass is 317 g/mol. The standard InChI is InChI=1S/C17H23N3O3/c1-13-4-2-5-14(12-13)18-17(22)20-9-7-19(8-10-20)16(21)15-6-3-11-23-15/h2,4-5,12,15H,3,6-11H2,1H3,(H,18,22). The van der Waals surface area contributed by atoms with Crippen LogP contribution in [0, 0.1) is 6.92 Å². The summed E-state index contributed by atoms with van der Waals surface area (Å²) in [6.07, 6.45) is 1.49. The number of rotatable bonds is 2. The van der Waals surface area contributed by atoms with Gasteiger partial charge in [0.1, 0.15) is 6.10 Å². The molecule has 0 saturated carbocycles. The largest absolute Gasteiger partial charge is 0.368 e. The van der Waals surface area contributed by atoms with Crippen molar-refractivity contribution in [3.8, 4) is 0 Å². The third kappa shape index (κ3) is 3.82. The molecule has 2 fully saturated rings. The minimum absolute atomic E-state index is 0.0706. The molecule has 0 spiro atoms. The smallest absolute Gasteiger partial charge is 0.321 e. The number of anilines is 1. The molecule has 1 atom stereocenters. The van der Waals surface area contributed by atoms with Crippen LogP contribution in [0.25, 0.3) is 0 Å². The summed E-state index contributed by atoms with van der Waals surface area (Å²) in [5.41, 5.74) is 1.91. The third-order valence-corrected chi connectivity index (χ3v) is 4.35. The summed E-state index contributed by atoms with van der Waals surface area (Å²) in [4.78, 5) is 28.1. The lowest BCUT2D eigenvalue weighted by molar-refractivity contribution is -0.142. The van der Waals surface area contributed by atoms with Gasteiger partial charge in [-0.3, -0.25) is 4.79 Å². The molecule has 2 heterocycles. The van der Waals surface area contributed by atoms with Crippen molar-refractivity contribution in [2.45, 2.75) is 25.9 Å². The molecule has 2 aliphatic rings. The summed E-state index contributed by atoms with van der Waals surface area (Å²) in [6.45, 7) is 4.91. The number of urea groups is 1. The van der Waals surface area contributed by atoms with E-state index in [4.69, 9.17) is 4.74 Å². The first-order chi connectivity index (χ1) is 11.1. The second-order valence-electron chi connectivity index (χ2n) is 6.11. The molecule has 1 N–H and O–H groups in total. The second kappa shape index (κ2) is 7.00. The van der Waals surface area contributed by atoms with E-state index in [0.717, 1.165) is 24.1 Å². The molecule has 124 valence electrons. The van der Waals surface area contributed by atoms with Gasteiger partial charge in [-0.1, -0.05) is 12.1 Å². The van der Waals surface area contributed by atoms with E-state index in [0.29, 0.717) is 32.8 Å². The highest BCUT2D eigenvalue weighted by molar-refractivity contribution is 5.89. The highest BCUT2D eigenvalue weighted by atomic mass is 16.5. The number of piperazine rings is 1. The Morgan fingerprint density at radius 1 is 1.17 bits per heavy atom. The molecule has 2 saturated heterocycles. The lowest BCUT2D eigenvalue weighted by Crippen LogP contribution is -2.53. The molecule has 0 aromatic heterocycles. The van der Waals surface area contributed by atoms with Crippen LogP contribution in [0.3, 0.4) is 0 Å². The van der Waals surface area contributed by atoms with E-state index in [1.165, 1.54) is 0 Å². The summed E-state index contributed by atoms with van der Waals surface area (Å²) in [6, 6.07) is 7.62. The fraction of sp³-hybridized carbons (Fsp3) is 0.529. The number of nitrogens with one attached hydrogen (secondary N) is 1. The van der Waals surface area contributed by atoms with E-state index in [-0.39, 0.29) is 18.0 Å².